The number of nitrogens with one attached hydrogen (secondary N) is 1. The van der Waals surface area contributed by atoms with Crippen LogP contribution in [-0.2, 0) is 0 Å². The molecule has 1 N–H and O–H groups in total. The molecule has 0 amide bonds. The Morgan fingerprint density at radius 2 is 1.74 bits per heavy atom. The molecular weight excluding hydrogens is 440 g/mol. The summed E-state index contributed by atoms with van der Waals surface area (Å²) in [6.45, 7) is 2.28. The van der Waals surface area contributed by atoms with Gasteiger partial charge in [-0.15, -0.1) is 0 Å². The van der Waals surface area contributed by atoms with E-state index in [-0.39, 0.29) is 11.6 Å². The minimum absolute atomic E-state index is 0.140. The van der Waals surface area contributed by atoms with E-state index in [0.717, 1.165) is 24.5 Å². The molecule has 0 saturated carbocycles. The van der Waals surface area contributed by atoms with E-state index < -0.39 is 0 Å². The summed E-state index contributed by atoms with van der Waals surface area (Å²) in [6.07, 6.45) is 5.48. The smallest absolute Gasteiger partial charge is 0.302 e. The van der Waals surface area contributed by atoms with Crippen molar-refractivity contribution in [3.63, 3.8) is 0 Å². The van der Waals surface area contributed by atoms with Crippen LogP contribution in [-0.4, -0.2) is 60.1 Å². The Labute approximate surface area is 204 Å². The lowest BCUT2D eigenvalue weighted by atomic mass is 10.0. The molecule has 4 aromatic rings. The van der Waals surface area contributed by atoms with Gasteiger partial charge in [0.15, 0.2) is 0 Å². The number of piperidine rings is 1. The van der Waals surface area contributed by atoms with Gasteiger partial charge in [0, 0.05) is 43.4 Å². The number of aromatic amines is 1. The summed E-state index contributed by atoms with van der Waals surface area (Å²) in [5.74, 6) is 0.587. The van der Waals surface area contributed by atoms with E-state index in [1.54, 1.807) is 18.5 Å². The highest BCUT2D eigenvalue weighted by molar-refractivity contribution is 5.76. The van der Waals surface area contributed by atoms with Gasteiger partial charge in [-0.05, 0) is 81.5 Å². The number of nitrogens with zero attached hydrogens (tertiary/aromatic N) is 5. The van der Waals surface area contributed by atoms with Crippen molar-refractivity contribution in [2.45, 2.75) is 18.9 Å². The first kappa shape index (κ1) is 22.9. The molecule has 0 aliphatic carbocycles. The molecule has 2 aromatic carbocycles. The zero-order valence-electron chi connectivity index (χ0n) is 20.3. The van der Waals surface area contributed by atoms with Crippen LogP contribution in [0.25, 0.3) is 10.9 Å². The number of anilines is 3. The molecule has 0 radical (unpaired) electrons. The van der Waals surface area contributed by atoms with Crippen LogP contribution in [0.4, 0.5) is 17.1 Å². The van der Waals surface area contributed by atoms with E-state index >= 15 is 0 Å². The van der Waals surface area contributed by atoms with Crippen molar-refractivity contribution in [3.05, 3.63) is 77.3 Å². The first-order valence-electron chi connectivity index (χ1n) is 11.8. The predicted molar refractivity (Wildman–Crippen MR) is 140 cm³/mol. The second-order valence-electron chi connectivity index (χ2n) is 9.08. The minimum atomic E-state index is -0.256. The van der Waals surface area contributed by atoms with E-state index in [2.05, 4.69) is 75.1 Å². The third kappa shape index (κ3) is 4.97. The number of benzene rings is 2. The van der Waals surface area contributed by atoms with Crippen LogP contribution in [0.1, 0.15) is 12.8 Å². The molecule has 3 heterocycles. The average molecular weight is 471 g/mol. The van der Waals surface area contributed by atoms with Gasteiger partial charge >= 0.3 is 6.01 Å². The molecule has 180 valence electrons. The maximum Gasteiger partial charge on any atom is 0.302 e. The van der Waals surface area contributed by atoms with Crippen molar-refractivity contribution < 1.29 is 4.74 Å². The number of hydrogen-bond acceptors (Lipinski definition) is 7. The average Bonchev–Trinajstić information content (AvgIpc) is 2.89. The molecule has 5 rings (SSSR count). The molecule has 0 spiro atoms. The van der Waals surface area contributed by atoms with Crippen molar-refractivity contribution in [2.75, 3.05) is 44.0 Å². The van der Waals surface area contributed by atoms with Crippen molar-refractivity contribution in [1.29, 1.82) is 0 Å². The summed E-state index contributed by atoms with van der Waals surface area (Å²) in [5, 5.41) is 0.480. The number of ether oxygens (including phenoxy) is 1. The molecule has 1 aliphatic rings. The number of H-pyrrole nitrogens is 1. The highest BCUT2D eigenvalue weighted by Gasteiger charge is 2.21. The first-order chi connectivity index (χ1) is 17.0. The zero-order valence-corrected chi connectivity index (χ0v) is 20.3. The van der Waals surface area contributed by atoms with E-state index in [4.69, 9.17) is 4.74 Å². The number of pyridine rings is 1. The van der Waals surface area contributed by atoms with Gasteiger partial charge in [0.1, 0.15) is 5.75 Å². The molecule has 8 heteroatoms. The Hall–Kier alpha value is -3.91. The summed E-state index contributed by atoms with van der Waals surface area (Å²) in [7, 11) is 6.44. The molecule has 0 unspecified atom stereocenters. The van der Waals surface area contributed by atoms with Gasteiger partial charge in [0.25, 0.3) is 5.56 Å². The summed E-state index contributed by atoms with van der Waals surface area (Å²) >= 11 is 0. The first-order valence-corrected chi connectivity index (χ1v) is 11.8. The molecule has 8 nitrogen and oxygen atoms in total. The van der Waals surface area contributed by atoms with Crippen molar-refractivity contribution in [2.24, 2.45) is 0 Å². The fourth-order valence-corrected chi connectivity index (χ4v) is 4.53. The number of aromatic nitrogens is 3. The Bertz CT molecular complexity index is 1360. The molecular formula is C27H30N6O2. The van der Waals surface area contributed by atoms with Gasteiger partial charge < -0.3 is 19.4 Å². The molecule has 0 bridgehead atoms. The van der Waals surface area contributed by atoms with Crippen LogP contribution in [0.2, 0.25) is 0 Å². The Balaban J connectivity index is 1.30. The quantitative estimate of drug-likeness (QED) is 0.447. The van der Waals surface area contributed by atoms with E-state index in [0.29, 0.717) is 22.7 Å². The second-order valence-corrected chi connectivity index (χ2v) is 9.08. The van der Waals surface area contributed by atoms with Gasteiger partial charge in [-0.3, -0.25) is 14.8 Å². The Kier molecular flexibility index (Phi) is 6.37. The maximum absolute atomic E-state index is 12.3. The van der Waals surface area contributed by atoms with E-state index in [1.165, 1.54) is 18.5 Å². The molecule has 1 aliphatic heterocycles. The molecule has 1 fully saturated rings. The topological polar surface area (TPSA) is 77.6 Å². The van der Waals surface area contributed by atoms with Crippen LogP contribution < -0.4 is 20.1 Å². The van der Waals surface area contributed by atoms with Crippen molar-refractivity contribution >= 4 is 28.0 Å². The van der Waals surface area contributed by atoms with Crippen LogP contribution in [0, 0.1) is 0 Å². The second kappa shape index (κ2) is 9.76. The monoisotopic (exact) mass is 470 g/mol. The Morgan fingerprint density at radius 1 is 1.00 bits per heavy atom. The van der Waals surface area contributed by atoms with Gasteiger partial charge in [-0.2, -0.15) is 4.98 Å². The van der Waals surface area contributed by atoms with Gasteiger partial charge in [-0.25, -0.2) is 0 Å². The number of fused-ring (bicyclic) bond motifs is 1. The largest absolute Gasteiger partial charge is 0.426 e. The van der Waals surface area contributed by atoms with Crippen LogP contribution >= 0.6 is 0 Å². The third-order valence-corrected chi connectivity index (χ3v) is 6.79. The summed E-state index contributed by atoms with van der Waals surface area (Å²) in [4.78, 5) is 30.3. The SMILES string of the molecule is CN1CCC(N(C)c2cccc(N(C)c3ccc(Oc4nc5cnccc5c(=O)[nH]4)cc3)c2)CC1. The molecule has 2 aromatic heterocycles. The van der Waals surface area contributed by atoms with Gasteiger partial charge in [-0.1, -0.05) is 6.07 Å². The highest BCUT2D eigenvalue weighted by atomic mass is 16.5. The fourth-order valence-electron chi connectivity index (χ4n) is 4.53. The van der Waals surface area contributed by atoms with E-state index in [1.807, 2.05) is 24.3 Å². The molecule has 1 saturated heterocycles. The number of hydrogen-bond donors (Lipinski definition) is 1. The lowest BCUT2D eigenvalue weighted by Gasteiger charge is -2.36. The molecule has 35 heavy (non-hydrogen) atoms. The minimum Gasteiger partial charge on any atom is -0.426 e. The maximum atomic E-state index is 12.3. The summed E-state index contributed by atoms with van der Waals surface area (Å²) in [6, 6.07) is 18.7. The number of likely N-dealkylation sites (tertiary alicyclic amines) is 1. The molecule has 0 atom stereocenters. The highest BCUT2D eigenvalue weighted by Crippen LogP contribution is 2.30. The normalized spacial score (nSPS) is 14.7. The summed E-state index contributed by atoms with van der Waals surface area (Å²) in [5.41, 5.74) is 3.61. The lowest BCUT2D eigenvalue weighted by Crippen LogP contribution is -2.42. The van der Waals surface area contributed by atoms with Crippen LogP contribution in [0.15, 0.2) is 71.8 Å². The standard InChI is InChI=1S/C27H30N6O2/c1-31-15-12-20(13-16-31)33(3)22-6-4-5-21(17-22)32(2)19-7-9-23(10-8-19)35-27-29-25-18-28-14-11-24(25)26(34)30-27/h4-11,14,17-18,20H,12-13,15-16H2,1-3H3,(H,29,30,34). The lowest BCUT2D eigenvalue weighted by molar-refractivity contribution is 0.253. The predicted octanol–water partition coefficient (Wildman–Crippen LogP) is 4.41. The van der Waals surface area contributed by atoms with E-state index in [9.17, 15) is 4.79 Å². The number of rotatable bonds is 6. The third-order valence-electron chi connectivity index (χ3n) is 6.79. The van der Waals surface area contributed by atoms with Crippen molar-refractivity contribution in [1.82, 2.24) is 19.9 Å². The van der Waals surface area contributed by atoms with Crippen LogP contribution in [0.5, 0.6) is 11.8 Å². The van der Waals surface area contributed by atoms with Crippen molar-refractivity contribution in [3.8, 4) is 11.8 Å². The van der Waals surface area contributed by atoms with Gasteiger partial charge in [0.05, 0.1) is 17.1 Å². The fraction of sp³-hybridized carbons (Fsp3) is 0.296. The zero-order chi connectivity index (χ0) is 24.4. The Morgan fingerprint density at radius 3 is 2.51 bits per heavy atom. The summed E-state index contributed by atoms with van der Waals surface area (Å²) < 4.78 is 5.81. The van der Waals surface area contributed by atoms with Crippen LogP contribution in [0.3, 0.4) is 0 Å². The van der Waals surface area contributed by atoms with Gasteiger partial charge in [0.2, 0.25) is 0 Å².